The average Bonchev–Trinajstić information content (AvgIpc) is 3.70. The second-order valence-electron chi connectivity index (χ2n) is 10.5. The molecule has 0 unspecified atom stereocenters. The molecule has 0 bridgehead atoms. The lowest BCUT2D eigenvalue weighted by Crippen LogP contribution is -1.92. The fraction of sp³-hybridized carbons (Fsp3) is 0. The summed E-state index contributed by atoms with van der Waals surface area (Å²) in [5, 5.41) is 4.91. The maximum absolute atomic E-state index is 6.30. The fourth-order valence-corrected chi connectivity index (χ4v) is 7.51. The van der Waals surface area contributed by atoms with Crippen molar-refractivity contribution in [3.05, 3.63) is 140 Å². The van der Waals surface area contributed by atoms with Gasteiger partial charge in [-0.1, -0.05) is 103 Å². The Kier molecular flexibility index (Phi) is 4.80. The Labute approximate surface area is 240 Å². The molecular weight excluding hydrogens is 518 g/mol. The van der Waals surface area contributed by atoms with E-state index in [1.54, 1.807) is 0 Å². The van der Waals surface area contributed by atoms with Crippen LogP contribution in [0.15, 0.2) is 144 Å². The van der Waals surface area contributed by atoms with Gasteiger partial charge >= 0.3 is 0 Å². The topological polar surface area (TPSA) is 18.1 Å². The Morgan fingerprint density at radius 1 is 0.512 bits per heavy atom. The molecule has 0 N–H and O–H groups in total. The number of benzene rings is 6. The molecule has 2 nitrogen and oxygen atoms in total. The zero-order chi connectivity index (χ0) is 26.9. The lowest BCUT2D eigenvalue weighted by Gasteiger charge is -2.09. The number of fused-ring (bicyclic) bond motifs is 8. The van der Waals surface area contributed by atoms with Gasteiger partial charge in [0.15, 0.2) is 0 Å². The first-order valence-electron chi connectivity index (χ1n) is 13.9. The number of para-hydroxylation sites is 4. The zero-order valence-corrected chi connectivity index (χ0v) is 22.9. The lowest BCUT2D eigenvalue weighted by atomic mass is 9.98. The minimum atomic E-state index is 0.926. The van der Waals surface area contributed by atoms with Crippen LogP contribution < -0.4 is 0 Å². The van der Waals surface area contributed by atoms with Crippen LogP contribution >= 0.6 is 11.3 Å². The summed E-state index contributed by atoms with van der Waals surface area (Å²) in [5.74, 6) is 0. The Hall–Kier alpha value is -5.12. The van der Waals surface area contributed by atoms with Crippen molar-refractivity contribution < 1.29 is 4.42 Å². The minimum Gasteiger partial charge on any atom is -0.455 e. The summed E-state index contributed by atoms with van der Waals surface area (Å²) in [6, 6.07) is 49.9. The van der Waals surface area contributed by atoms with Crippen molar-refractivity contribution in [3.8, 4) is 27.9 Å². The molecule has 0 saturated carbocycles. The van der Waals surface area contributed by atoms with Crippen LogP contribution in [-0.2, 0) is 0 Å². The molecule has 3 aromatic heterocycles. The third-order valence-electron chi connectivity index (χ3n) is 8.22. The number of hydrogen-bond acceptors (Lipinski definition) is 2. The molecule has 0 spiro atoms. The standard InChI is InChI=1S/C38H23NOS/c1-2-9-27(10-3-1)39-33-15-6-4-12-31(33)38-36(39)32-23-26(21-22-35(32)41-38)24-17-19-25(20-18-24)28-13-8-14-30-29-11-5-7-16-34(29)40-37(28)30/h1-23H. The summed E-state index contributed by atoms with van der Waals surface area (Å²) in [6.45, 7) is 0. The van der Waals surface area contributed by atoms with Crippen LogP contribution in [0.5, 0.6) is 0 Å². The molecule has 3 heterocycles. The second kappa shape index (κ2) is 8.69. The van der Waals surface area contributed by atoms with Crippen LogP contribution in [0, 0.1) is 0 Å². The van der Waals surface area contributed by atoms with Gasteiger partial charge in [-0.25, -0.2) is 0 Å². The number of furan rings is 1. The molecule has 0 radical (unpaired) electrons. The van der Waals surface area contributed by atoms with E-state index in [-0.39, 0.29) is 0 Å². The summed E-state index contributed by atoms with van der Waals surface area (Å²) in [5.41, 5.74) is 10.3. The minimum absolute atomic E-state index is 0.926. The van der Waals surface area contributed by atoms with Gasteiger partial charge in [0, 0.05) is 37.5 Å². The number of hydrogen-bond donors (Lipinski definition) is 0. The summed E-state index contributed by atoms with van der Waals surface area (Å²) in [6.07, 6.45) is 0. The van der Waals surface area contributed by atoms with Crippen molar-refractivity contribution in [1.82, 2.24) is 4.57 Å². The first-order chi connectivity index (χ1) is 20.3. The highest BCUT2D eigenvalue weighted by Crippen LogP contribution is 2.43. The van der Waals surface area contributed by atoms with E-state index in [9.17, 15) is 0 Å². The van der Waals surface area contributed by atoms with Crippen LogP contribution in [0.4, 0.5) is 0 Å². The monoisotopic (exact) mass is 541 g/mol. The Morgan fingerprint density at radius 3 is 2.10 bits per heavy atom. The summed E-state index contributed by atoms with van der Waals surface area (Å²) < 4.78 is 11.4. The van der Waals surface area contributed by atoms with Crippen LogP contribution in [0.25, 0.3) is 81.1 Å². The summed E-state index contributed by atoms with van der Waals surface area (Å²) in [7, 11) is 0. The molecule has 6 aromatic carbocycles. The third-order valence-corrected chi connectivity index (χ3v) is 9.42. The first-order valence-corrected chi connectivity index (χ1v) is 14.7. The predicted molar refractivity (Wildman–Crippen MR) is 174 cm³/mol. The lowest BCUT2D eigenvalue weighted by molar-refractivity contribution is 0.670. The SMILES string of the molecule is c1ccc(-n2c3ccccc3c3sc4ccc(-c5ccc(-c6cccc7c6oc6ccccc67)cc5)cc4c32)cc1. The highest BCUT2D eigenvalue weighted by atomic mass is 32.1. The molecule has 9 rings (SSSR count). The van der Waals surface area contributed by atoms with E-state index in [2.05, 4.69) is 132 Å². The van der Waals surface area contributed by atoms with Gasteiger partial charge < -0.3 is 8.98 Å². The van der Waals surface area contributed by atoms with Crippen LogP contribution in [-0.4, -0.2) is 4.57 Å². The van der Waals surface area contributed by atoms with E-state index >= 15 is 0 Å². The Bertz CT molecular complexity index is 2410. The van der Waals surface area contributed by atoms with E-state index in [0.29, 0.717) is 0 Å². The molecule has 0 saturated heterocycles. The van der Waals surface area contributed by atoms with Crippen molar-refractivity contribution in [2.24, 2.45) is 0 Å². The average molecular weight is 542 g/mol. The normalized spacial score (nSPS) is 11.9. The van der Waals surface area contributed by atoms with Gasteiger partial charge in [0.25, 0.3) is 0 Å². The smallest absolute Gasteiger partial charge is 0.143 e. The predicted octanol–water partition coefficient (Wildman–Crippen LogP) is 11.2. The number of nitrogens with zero attached hydrogens (tertiary/aromatic N) is 1. The summed E-state index contributed by atoms with van der Waals surface area (Å²) in [4.78, 5) is 0. The Morgan fingerprint density at radius 2 is 1.22 bits per heavy atom. The van der Waals surface area contributed by atoms with Gasteiger partial charge in [0.2, 0.25) is 0 Å². The molecular formula is C38H23NOS. The molecule has 0 amide bonds. The first kappa shape index (κ1) is 22.7. The molecule has 0 fully saturated rings. The van der Waals surface area contributed by atoms with Crippen molar-refractivity contribution in [3.63, 3.8) is 0 Å². The van der Waals surface area contributed by atoms with Crippen LogP contribution in [0.1, 0.15) is 0 Å². The van der Waals surface area contributed by atoms with Crippen molar-refractivity contribution in [2.45, 2.75) is 0 Å². The molecule has 41 heavy (non-hydrogen) atoms. The maximum Gasteiger partial charge on any atom is 0.143 e. The van der Waals surface area contributed by atoms with Gasteiger partial charge in [0.1, 0.15) is 11.2 Å². The highest BCUT2D eigenvalue weighted by Gasteiger charge is 2.18. The summed E-state index contributed by atoms with van der Waals surface area (Å²) >= 11 is 1.88. The fourth-order valence-electron chi connectivity index (χ4n) is 6.31. The van der Waals surface area contributed by atoms with E-state index < -0.39 is 0 Å². The van der Waals surface area contributed by atoms with Gasteiger partial charge in [-0.2, -0.15) is 0 Å². The van der Waals surface area contributed by atoms with Crippen molar-refractivity contribution >= 4 is 64.5 Å². The van der Waals surface area contributed by atoms with Gasteiger partial charge in [0.05, 0.1) is 15.7 Å². The molecule has 0 aliphatic rings. The van der Waals surface area contributed by atoms with Crippen molar-refractivity contribution in [1.29, 1.82) is 0 Å². The molecule has 0 aliphatic heterocycles. The molecule has 9 aromatic rings. The van der Waals surface area contributed by atoms with E-state index in [4.69, 9.17) is 4.42 Å². The van der Waals surface area contributed by atoms with Gasteiger partial charge in [-0.3, -0.25) is 0 Å². The third kappa shape index (κ3) is 3.36. The number of aromatic nitrogens is 1. The quantitative estimate of drug-likeness (QED) is 0.217. The maximum atomic E-state index is 6.30. The van der Waals surface area contributed by atoms with E-state index in [1.807, 2.05) is 23.5 Å². The Balaban J connectivity index is 1.20. The molecule has 3 heteroatoms. The molecule has 192 valence electrons. The largest absolute Gasteiger partial charge is 0.455 e. The number of thiophene rings is 1. The van der Waals surface area contributed by atoms with Crippen molar-refractivity contribution in [2.75, 3.05) is 0 Å². The van der Waals surface area contributed by atoms with Gasteiger partial charge in [-0.15, -0.1) is 11.3 Å². The second-order valence-corrected chi connectivity index (χ2v) is 11.6. The van der Waals surface area contributed by atoms with E-state index in [0.717, 1.165) is 33.1 Å². The molecule has 0 aliphatic carbocycles. The van der Waals surface area contributed by atoms with Crippen LogP contribution in [0.3, 0.4) is 0 Å². The number of rotatable bonds is 3. The van der Waals surface area contributed by atoms with Crippen LogP contribution in [0.2, 0.25) is 0 Å². The zero-order valence-electron chi connectivity index (χ0n) is 22.0. The van der Waals surface area contributed by atoms with E-state index in [1.165, 1.54) is 48.0 Å². The molecule has 0 atom stereocenters. The van der Waals surface area contributed by atoms with Gasteiger partial charge in [-0.05, 0) is 53.1 Å². The highest BCUT2D eigenvalue weighted by molar-refractivity contribution is 7.26.